The summed E-state index contributed by atoms with van der Waals surface area (Å²) in [5.74, 6) is 0.0332. The van der Waals surface area contributed by atoms with Crippen molar-refractivity contribution in [1.82, 2.24) is 14.9 Å². The topological polar surface area (TPSA) is 56.2 Å². The molecule has 0 saturated carbocycles. The third kappa shape index (κ3) is 3.31. The van der Waals surface area contributed by atoms with E-state index in [0.29, 0.717) is 23.7 Å². The van der Waals surface area contributed by atoms with E-state index in [1.807, 2.05) is 47.2 Å². The fourth-order valence-corrected chi connectivity index (χ4v) is 3.35. The largest absolute Gasteiger partial charge is 0.368 e. The van der Waals surface area contributed by atoms with Gasteiger partial charge in [-0.05, 0) is 11.6 Å². The number of fused-ring (bicyclic) bond motifs is 1. The zero-order valence-electron chi connectivity index (χ0n) is 13.6. The predicted molar refractivity (Wildman–Crippen MR) is 97.8 cm³/mol. The minimum Gasteiger partial charge on any atom is -0.368 e. The molecule has 0 aliphatic carbocycles. The number of Topliss-reactive ketones (excluding diaryl/α,β-unsaturated/α-hetero) is 1. The molecule has 0 bridgehead atoms. The Morgan fingerprint density at radius 2 is 2.16 bits per heavy atom. The minimum atomic E-state index is -0.407. The van der Waals surface area contributed by atoms with Crippen LogP contribution in [0.15, 0.2) is 48.8 Å². The third-order valence-corrected chi connectivity index (χ3v) is 4.67. The number of morpholine rings is 1. The number of halogens is 1. The van der Waals surface area contributed by atoms with Crippen LogP contribution >= 0.6 is 11.6 Å². The highest BCUT2D eigenvalue weighted by Gasteiger charge is 2.23. The second-order valence-electron chi connectivity index (χ2n) is 6.09. The molecule has 25 heavy (non-hydrogen) atoms. The van der Waals surface area contributed by atoms with Crippen LogP contribution in [-0.2, 0) is 16.1 Å². The van der Waals surface area contributed by atoms with E-state index in [1.165, 1.54) is 0 Å². The average Bonchev–Trinajstić information content (AvgIpc) is 2.98. The van der Waals surface area contributed by atoms with Crippen LogP contribution in [0.5, 0.6) is 0 Å². The van der Waals surface area contributed by atoms with Crippen LogP contribution in [-0.4, -0.2) is 41.1 Å². The average molecular weight is 356 g/mol. The Morgan fingerprint density at radius 1 is 1.32 bits per heavy atom. The molecular formula is C19H18ClN3O2. The van der Waals surface area contributed by atoms with Crippen molar-refractivity contribution in [2.75, 3.05) is 19.7 Å². The summed E-state index contributed by atoms with van der Waals surface area (Å²) >= 11 is 6.31. The molecule has 6 heteroatoms. The number of nitrogens with one attached hydrogen (secondary N) is 1. The highest BCUT2D eigenvalue weighted by molar-refractivity contribution is 6.35. The van der Waals surface area contributed by atoms with Crippen molar-refractivity contribution < 1.29 is 9.53 Å². The molecule has 2 aromatic heterocycles. The summed E-state index contributed by atoms with van der Waals surface area (Å²) < 4.78 is 7.41. The summed E-state index contributed by atoms with van der Waals surface area (Å²) in [6, 6.07) is 12.0. The van der Waals surface area contributed by atoms with Gasteiger partial charge in [0.25, 0.3) is 0 Å². The first kappa shape index (κ1) is 16.3. The number of aromatic nitrogens is 2. The monoisotopic (exact) mass is 355 g/mol. The van der Waals surface area contributed by atoms with E-state index in [4.69, 9.17) is 16.3 Å². The van der Waals surface area contributed by atoms with Crippen molar-refractivity contribution in [3.63, 3.8) is 0 Å². The second kappa shape index (κ2) is 6.96. The summed E-state index contributed by atoms with van der Waals surface area (Å²) in [6.07, 6.45) is 3.17. The fourth-order valence-electron chi connectivity index (χ4n) is 3.08. The Bertz CT molecular complexity index is 902. The quantitative estimate of drug-likeness (QED) is 0.781. The lowest BCUT2D eigenvalue weighted by atomic mass is 10.1. The maximum atomic E-state index is 12.5. The predicted octanol–water partition coefficient (Wildman–Crippen LogP) is 2.91. The van der Waals surface area contributed by atoms with Crippen LogP contribution < -0.4 is 5.32 Å². The van der Waals surface area contributed by atoms with E-state index in [0.717, 1.165) is 23.2 Å². The van der Waals surface area contributed by atoms with E-state index in [9.17, 15) is 4.79 Å². The SMILES string of the molecule is O=C(Cn1cc(Cl)c2ncc(-c3ccccc3)cc21)C1CNCCO1. The van der Waals surface area contributed by atoms with Crippen LogP contribution in [0.4, 0.5) is 0 Å². The van der Waals surface area contributed by atoms with Crippen molar-refractivity contribution >= 4 is 28.4 Å². The van der Waals surface area contributed by atoms with E-state index in [-0.39, 0.29) is 12.3 Å². The highest BCUT2D eigenvalue weighted by atomic mass is 35.5. The van der Waals surface area contributed by atoms with Crippen LogP contribution in [0.1, 0.15) is 0 Å². The molecule has 128 valence electrons. The summed E-state index contributed by atoms with van der Waals surface area (Å²) in [7, 11) is 0. The number of ether oxygens (including phenoxy) is 1. The Kier molecular flexibility index (Phi) is 4.53. The van der Waals surface area contributed by atoms with Crippen molar-refractivity contribution in [2.45, 2.75) is 12.6 Å². The lowest BCUT2D eigenvalue weighted by Crippen LogP contribution is -2.44. The molecule has 4 rings (SSSR count). The molecule has 0 radical (unpaired) electrons. The number of ketones is 1. The molecule has 0 spiro atoms. The number of benzene rings is 1. The van der Waals surface area contributed by atoms with Crippen molar-refractivity contribution in [1.29, 1.82) is 0 Å². The molecular weight excluding hydrogens is 338 g/mol. The molecule has 0 amide bonds. The van der Waals surface area contributed by atoms with E-state index in [2.05, 4.69) is 10.3 Å². The van der Waals surface area contributed by atoms with Crippen LogP contribution in [0.2, 0.25) is 5.02 Å². The highest BCUT2D eigenvalue weighted by Crippen LogP contribution is 2.28. The molecule has 1 atom stereocenters. The van der Waals surface area contributed by atoms with Gasteiger partial charge in [0.15, 0.2) is 5.78 Å². The van der Waals surface area contributed by atoms with E-state index < -0.39 is 6.10 Å². The van der Waals surface area contributed by atoms with Crippen LogP contribution in [0.25, 0.3) is 22.2 Å². The molecule has 3 aromatic rings. The minimum absolute atomic E-state index is 0.0332. The summed E-state index contributed by atoms with van der Waals surface area (Å²) in [5.41, 5.74) is 3.62. The summed E-state index contributed by atoms with van der Waals surface area (Å²) in [5, 5.41) is 3.73. The molecule has 1 unspecified atom stereocenters. The van der Waals surface area contributed by atoms with Crippen molar-refractivity contribution in [2.24, 2.45) is 0 Å². The first-order valence-electron chi connectivity index (χ1n) is 8.27. The van der Waals surface area contributed by atoms with Crippen molar-refractivity contribution in [3.8, 4) is 11.1 Å². The number of carbonyl (C=O) groups is 1. The molecule has 1 aliphatic rings. The zero-order valence-corrected chi connectivity index (χ0v) is 14.4. The van der Waals surface area contributed by atoms with Gasteiger partial charge in [0, 0.05) is 31.0 Å². The smallest absolute Gasteiger partial charge is 0.182 e. The van der Waals surface area contributed by atoms with E-state index >= 15 is 0 Å². The van der Waals surface area contributed by atoms with Crippen LogP contribution in [0.3, 0.4) is 0 Å². The molecule has 1 saturated heterocycles. The van der Waals surface area contributed by atoms with Gasteiger partial charge < -0.3 is 14.6 Å². The molecule has 1 fully saturated rings. The standard InChI is InChI=1S/C19H18ClN3O2/c20-15-11-23(12-17(24)18-10-21-6-7-25-18)16-8-14(9-22-19(15)16)13-4-2-1-3-5-13/h1-5,8-9,11,18,21H,6-7,10,12H2. The van der Waals surface area contributed by atoms with Crippen molar-refractivity contribution in [3.05, 3.63) is 53.8 Å². The number of nitrogens with zero attached hydrogens (tertiary/aromatic N) is 2. The Labute approximate surface area is 150 Å². The van der Waals surface area contributed by atoms with Gasteiger partial charge in [0.05, 0.1) is 23.7 Å². The van der Waals surface area contributed by atoms with Gasteiger partial charge in [-0.25, -0.2) is 0 Å². The first-order chi connectivity index (χ1) is 12.2. The third-order valence-electron chi connectivity index (χ3n) is 4.39. The number of pyridine rings is 1. The van der Waals surface area contributed by atoms with Gasteiger partial charge in [0.1, 0.15) is 11.6 Å². The Balaban J connectivity index is 1.67. The molecule has 1 N–H and O–H groups in total. The maximum absolute atomic E-state index is 12.5. The number of carbonyl (C=O) groups excluding carboxylic acids is 1. The van der Waals surface area contributed by atoms with E-state index in [1.54, 1.807) is 6.20 Å². The normalized spacial score (nSPS) is 17.7. The lowest BCUT2D eigenvalue weighted by Gasteiger charge is -2.22. The number of hydrogen-bond acceptors (Lipinski definition) is 4. The Hall–Kier alpha value is -2.21. The summed E-state index contributed by atoms with van der Waals surface area (Å²) in [6.45, 7) is 2.12. The van der Waals surface area contributed by atoms with Gasteiger partial charge in [-0.3, -0.25) is 9.78 Å². The zero-order chi connectivity index (χ0) is 17.2. The molecule has 1 aromatic carbocycles. The summed E-state index contributed by atoms with van der Waals surface area (Å²) in [4.78, 5) is 17.0. The number of rotatable bonds is 4. The van der Waals surface area contributed by atoms with Gasteiger partial charge in [-0.1, -0.05) is 41.9 Å². The Morgan fingerprint density at radius 3 is 2.92 bits per heavy atom. The second-order valence-corrected chi connectivity index (χ2v) is 6.50. The fraction of sp³-hybridized carbons (Fsp3) is 0.263. The van der Waals surface area contributed by atoms with Crippen LogP contribution in [0, 0.1) is 0 Å². The molecule has 3 heterocycles. The molecule has 5 nitrogen and oxygen atoms in total. The van der Waals surface area contributed by atoms with Gasteiger partial charge >= 0.3 is 0 Å². The van der Waals surface area contributed by atoms with Gasteiger partial charge in [-0.2, -0.15) is 0 Å². The first-order valence-corrected chi connectivity index (χ1v) is 8.65. The van der Waals surface area contributed by atoms with Gasteiger partial charge in [-0.15, -0.1) is 0 Å². The molecule has 1 aliphatic heterocycles. The lowest BCUT2D eigenvalue weighted by molar-refractivity contribution is -0.132. The maximum Gasteiger partial charge on any atom is 0.182 e. The number of hydrogen-bond donors (Lipinski definition) is 1. The van der Waals surface area contributed by atoms with Gasteiger partial charge in [0.2, 0.25) is 0 Å².